The lowest BCUT2D eigenvalue weighted by Crippen LogP contribution is -2.61. The molecule has 5 atom stereocenters. The number of carbonyl (C=O) groups is 4. The Bertz CT molecular complexity index is 569. The van der Waals surface area contributed by atoms with Gasteiger partial charge in [-0.25, -0.2) is 0 Å². The fourth-order valence-corrected chi connectivity index (χ4v) is 2.61. The van der Waals surface area contributed by atoms with Gasteiger partial charge in [0, 0.05) is 27.7 Å². The van der Waals surface area contributed by atoms with Gasteiger partial charge in [0.1, 0.15) is 18.8 Å². The molecule has 1 saturated heterocycles. The Kier molecular flexibility index (Phi) is 8.24. The zero-order valence-corrected chi connectivity index (χ0v) is 15.4. The van der Waals surface area contributed by atoms with Gasteiger partial charge >= 0.3 is 23.9 Å². The number of carbonyl (C=O) groups excluding carboxylic acids is 4. The van der Waals surface area contributed by atoms with Crippen LogP contribution in [-0.2, 0) is 42.9 Å². The van der Waals surface area contributed by atoms with E-state index in [4.69, 9.17) is 23.7 Å². The molecule has 9 heteroatoms. The fraction of sp³-hybridized carbons (Fsp3) is 0.647. The van der Waals surface area contributed by atoms with Crippen molar-refractivity contribution in [1.29, 1.82) is 0 Å². The Morgan fingerprint density at radius 1 is 0.808 bits per heavy atom. The molecule has 0 aromatic rings. The number of hydrogen-bond donors (Lipinski definition) is 0. The fourth-order valence-electron chi connectivity index (χ4n) is 2.61. The first kappa shape index (κ1) is 21.6. The van der Waals surface area contributed by atoms with E-state index < -0.39 is 54.4 Å². The molecule has 1 heterocycles. The van der Waals surface area contributed by atoms with Crippen LogP contribution >= 0.6 is 0 Å². The topological polar surface area (TPSA) is 114 Å². The van der Waals surface area contributed by atoms with Gasteiger partial charge in [0.25, 0.3) is 0 Å². The predicted molar refractivity (Wildman–Crippen MR) is 86.8 cm³/mol. The van der Waals surface area contributed by atoms with E-state index in [1.807, 2.05) is 0 Å². The van der Waals surface area contributed by atoms with Crippen LogP contribution in [0.2, 0.25) is 0 Å². The third kappa shape index (κ3) is 6.47. The molecule has 26 heavy (non-hydrogen) atoms. The molecule has 0 N–H and O–H groups in total. The zero-order chi connectivity index (χ0) is 19.9. The molecule has 1 aliphatic heterocycles. The molecule has 9 nitrogen and oxygen atoms in total. The average molecular weight is 372 g/mol. The summed E-state index contributed by atoms with van der Waals surface area (Å²) in [7, 11) is 0. The van der Waals surface area contributed by atoms with E-state index in [1.54, 1.807) is 19.1 Å². The number of allylic oxidation sites excluding steroid dienone is 1. The van der Waals surface area contributed by atoms with Crippen LogP contribution in [0.1, 0.15) is 34.6 Å². The van der Waals surface area contributed by atoms with Gasteiger partial charge in [-0.2, -0.15) is 0 Å². The summed E-state index contributed by atoms with van der Waals surface area (Å²) in [6.07, 6.45) is -1.72. The van der Waals surface area contributed by atoms with Gasteiger partial charge in [-0.15, -0.1) is 0 Å². The minimum absolute atomic E-state index is 0.230. The normalized spacial score (nSPS) is 28.3. The van der Waals surface area contributed by atoms with Crippen LogP contribution in [0.25, 0.3) is 0 Å². The Balaban J connectivity index is 3.26. The van der Waals surface area contributed by atoms with E-state index in [1.165, 1.54) is 27.7 Å². The van der Waals surface area contributed by atoms with E-state index in [0.29, 0.717) is 0 Å². The van der Waals surface area contributed by atoms with Crippen molar-refractivity contribution in [3.05, 3.63) is 12.2 Å². The lowest BCUT2D eigenvalue weighted by atomic mass is 9.94. The number of rotatable bonds is 6. The molecule has 0 bridgehead atoms. The maximum Gasteiger partial charge on any atom is 0.303 e. The molecular formula is C17H24O9. The maximum atomic E-state index is 11.6. The molecule has 0 radical (unpaired) electrons. The number of ether oxygens (including phenoxy) is 5. The summed E-state index contributed by atoms with van der Waals surface area (Å²) in [5.74, 6) is -2.49. The highest BCUT2D eigenvalue weighted by atomic mass is 16.7. The zero-order valence-electron chi connectivity index (χ0n) is 15.4. The van der Waals surface area contributed by atoms with Crippen molar-refractivity contribution in [2.24, 2.45) is 0 Å². The van der Waals surface area contributed by atoms with Crippen LogP contribution in [0.3, 0.4) is 0 Å². The van der Waals surface area contributed by atoms with Gasteiger partial charge in [-0.1, -0.05) is 12.2 Å². The van der Waals surface area contributed by atoms with Crippen molar-refractivity contribution in [2.75, 3.05) is 6.61 Å². The second-order valence-corrected chi connectivity index (χ2v) is 5.69. The highest BCUT2D eigenvalue weighted by Crippen LogP contribution is 2.29. The summed E-state index contributed by atoms with van der Waals surface area (Å²) in [6, 6.07) is 0. The van der Waals surface area contributed by atoms with Crippen molar-refractivity contribution in [2.45, 2.75) is 65.1 Å². The summed E-state index contributed by atoms with van der Waals surface area (Å²) in [6.45, 7) is 6.27. The molecule has 0 saturated carbocycles. The van der Waals surface area contributed by atoms with Crippen LogP contribution in [0.4, 0.5) is 0 Å². The summed E-state index contributed by atoms with van der Waals surface area (Å²) in [5, 5.41) is 0. The molecule has 0 aromatic carbocycles. The standard InChI is InChI=1S/C17H24O9/c1-6-7-13-15(23-10(3)19)17(25-12(5)21)16(24-11(4)20)14(26-13)8-22-9(2)18/h6-7,13-17H,8H2,1-5H3/b7-6-/t13-,14-,15-,16-,17-/m1/s1. The Morgan fingerprint density at radius 3 is 1.77 bits per heavy atom. The van der Waals surface area contributed by atoms with Gasteiger partial charge in [-0.3, -0.25) is 19.2 Å². The van der Waals surface area contributed by atoms with Crippen molar-refractivity contribution in [1.82, 2.24) is 0 Å². The first-order valence-electron chi connectivity index (χ1n) is 8.09. The van der Waals surface area contributed by atoms with E-state index in [0.717, 1.165) is 0 Å². The molecular weight excluding hydrogens is 348 g/mol. The quantitative estimate of drug-likeness (QED) is 0.377. The monoisotopic (exact) mass is 372 g/mol. The van der Waals surface area contributed by atoms with Crippen LogP contribution in [0.15, 0.2) is 12.2 Å². The van der Waals surface area contributed by atoms with Gasteiger partial charge in [-0.05, 0) is 6.92 Å². The van der Waals surface area contributed by atoms with E-state index in [9.17, 15) is 19.2 Å². The lowest BCUT2D eigenvalue weighted by molar-refractivity contribution is -0.244. The highest BCUT2D eigenvalue weighted by molar-refractivity contribution is 5.68. The van der Waals surface area contributed by atoms with Crippen molar-refractivity contribution >= 4 is 23.9 Å². The van der Waals surface area contributed by atoms with Gasteiger partial charge in [0.2, 0.25) is 0 Å². The summed E-state index contributed by atoms with van der Waals surface area (Å²) < 4.78 is 26.6. The highest BCUT2D eigenvalue weighted by Gasteiger charge is 2.51. The third-order valence-corrected chi connectivity index (χ3v) is 3.41. The molecule has 1 rings (SSSR count). The van der Waals surface area contributed by atoms with Crippen molar-refractivity contribution < 1.29 is 42.9 Å². The van der Waals surface area contributed by atoms with Crippen LogP contribution in [-0.4, -0.2) is 61.0 Å². The summed E-state index contributed by atoms with van der Waals surface area (Å²) >= 11 is 0. The molecule has 0 amide bonds. The first-order chi connectivity index (χ1) is 12.1. The minimum atomic E-state index is -1.13. The van der Waals surface area contributed by atoms with E-state index in [-0.39, 0.29) is 6.61 Å². The van der Waals surface area contributed by atoms with Crippen LogP contribution < -0.4 is 0 Å². The van der Waals surface area contributed by atoms with E-state index in [2.05, 4.69) is 0 Å². The molecule has 146 valence electrons. The molecule has 0 aliphatic carbocycles. The largest absolute Gasteiger partial charge is 0.463 e. The number of hydrogen-bond acceptors (Lipinski definition) is 9. The van der Waals surface area contributed by atoms with Gasteiger partial charge in [0.15, 0.2) is 18.3 Å². The Morgan fingerprint density at radius 2 is 1.31 bits per heavy atom. The summed E-state index contributed by atoms with van der Waals surface area (Å²) in [5.41, 5.74) is 0. The Labute approximate surface area is 151 Å². The maximum absolute atomic E-state index is 11.6. The summed E-state index contributed by atoms with van der Waals surface area (Å²) in [4.78, 5) is 45.7. The average Bonchev–Trinajstić information content (AvgIpc) is 2.50. The number of esters is 4. The smallest absolute Gasteiger partial charge is 0.303 e. The van der Waals surface area contributed by atoms with Crippen molar-refractivity contribution in [3.63, 3.8) is 0 Å². The Hall–Kier alpha value is -2.42. The predicted octanol–water partition coefficient (Wildman–Crippen LogP) is 0.688. The molecule has 1 fully saturated rings. The third-order valence-electron chi connectivity index (χ3n) is 3.41. The second-order valence-electron chi connectivity index (χ2n) is 5.69. The SMILES string of the molecule is C/C=C\[C@H]1O[C@H](COC(C)=O)[C@@H](OC(C)=O)[C@H](OC(C)=O)[C@@H]1OC(C)=O. The molecule has 0 unspecified atom stereocenters. The minimum Gasteiger partial charge on any atom is -0.463 e. The molecule has 1 aliphatic rings. The van der Waals surface area contributed by atoms with Crippen molar-refractivity contribution in [3.8, 4) is 0 Å². The van der Waals surface area contributed by atoms with E-state index >= 15 is 0 Å². The van der Waals surface area contributed by atoms with Gasteiger partial charge < -0.3 is 23.7 Å². The van der Waals surface area contributed by atoms with Gasteiger partial charge in [0.05, 0.1) is 0 Å². The van der Waals surface area contributed by atoms with Crippen LogP contribution in [0.5, 0.6) is 0 Å². The van der Waals surface area contributed by atoms with Crippen LogP contribution in [0, 0.1) is 0 Å². The first-order valence-corrected chi connectivity index (χ1v) is 8.09. The molecule has 0 spiro atoms. The molecule has 0 aromatic heterocycles. The lowest BCUT2D eigenvalue weighted by Gasteiger charge is -2.43. The second kappa shape index (κ2) is 9.91.